The minimum atomic E-state index is -0.804. The molecule has 2 atom stereocenters. The van der Waals surface area contributed by atoms with Crippen molar-refractivity contribution < 1.29 is 19.1 Å². The van der Waals surface area contributed by atoms with Crippen LogP contribution < -0.4 is 11.5 Å². The summed E-state index contributed by atoms with van der Waals surface area (Å²) < 4.78 is 6.84. The number of carbonyl (C=O) groups excluding carboxylic acids is 3. The van der Waals surface area contributed by atoms with Crippen molar-refractivity contribution in [2.45, 2.75) is 24.9 Å². The lowest BCUT2D eigenvalue weighted by molar-refractivity contribution is -0.142. The topological polar surface area (TPSA) is 117 Å². The molecular weight excluding hydrogens is 442 g/mol. The third-order valence-corrected chi connectivity index (χ3v) is 6.54. The first kappa shape index (κ1) is 22.7. The quantitative estimate of drug-likeness (QED) is 0.434. The Bertz CT molecular complexity index is 1470. The molecule has 176 valence electrons. The standard InChI is InChI=1S/C28H25N3O4/c1-35-28(34)24(30)13-18-15-31(25-5-3-2-4-21(18)25)19-9-6-16(7-10-19)20-11-8-17-12-22(20)26(32)14-23(29)27(17)33/h2-12,15,23-24H,13-14,29-30H2,1H3. The molecule has 35 heavy (non-hydrogen) atoms. The zero-order chi connectivity index (χ0) is 24.7. The summed E-state index contributed by atoms with van der Waals surface area (Å²) in [6.45, 7) is 0. The first-order chi connectivity index (χ1) is 16.9. The van der Waals surface area contributed by atoms with Gasteiger partial charge in [0.25, 0.3) is 0 Å². The number of para-hydroxylation sites is 1. The molecule has 4 N–H and O–H groups in total. The zero-order valence-corrected chi connectivity index (χ0v) is 19.2. The van der Waals surface area contributed by atoms with Crippen LogP contribution in [0.2, 0.25) is 0 Å². The number of carbonyl (C=O) groups is 3. The maximum absolute atomic E-state index is 12.7. The molecule has 1 aliphatic rings. The summed E-state index contributed by atoms with van der Waals surface area (Å²) in [5, 5.41) is 1.01. The van der Waals surface area contributed by atoms with Crippen LogP contribution in [0.5, 0.6) is 0 Å². The number of Topliss-reactive ketones (excluding diaryl/α,β-unsaturated/α-hetero) is 2. The third kappa shape index (κ3) is 4.05. The first-order valence-corrected chi connectivity index (χ1v) is 11.4. The SMILES string of the molecule is COC(=O)C(N)Cc1cn(-c2ccc(-c3ccc4cc3C(=O)CC(N)C4=O)cc2)c2ccccc12. The van der Waals surface area contributed by atoms with Crippen LogP contribution in [-0.4, -0.2) is 41.3 Å². The number of benzene rings is 3. The van der Waals surface area contributed by atoms with Gasteiger partial charge < -0.3 is 20.8 Å². The first-order valence-electron chi connectivity index (χ1n) is 11.4. The van der Waals surface area contributed by atoms with E-state index < -0.39 is 18.1 Å². The van der Waals surface area contributed by atoms with Crippen LogP contribution in [0.1, 0.15) is 32.7 Å². The second-order valence-electron chi connectivity index (χ2n) is 8.78. The van der Waals surface area contributed by atoms with E-state index in [0.717, 1.165) is 33.3 Å². The van der Waals surface area contributed by atoms with Crippen LogP contribution in [0.25, 0.3) is 27.7 Å². The second kappa shape index (κ2) is 8.94. The third-order valence-electron chi connectivity index (χ3n) is 6.54. The Morgan fingerprint density at radius 1 is 1.03 bits per heavy atom. The molecule has 0 fully saturated rings. The number of nitrogens with zero attached hydrogens (tertiary/aromatic N) is 1. The fraction of sp³-hybridized carbons (Fsp3) is 0.179. The smallest absolute Gasteiger partial charge is 0.322 e. The van der Waals surface area contributed by atoms with Gasteiger partial charge in [0.05, 0.1) is 18.7 Å². The van der Waals surface area contributed by atoms with Crippen LogP contribution >= 0.6 is 0 Å². The summed E-state index contributed by atoms with van der Waals surface area (Å²) in [7, 11) is 1.33. The van der Waals surface area contributed by atoms with Crippen molar-refractivity contribution >= 4 is 28.4 Å². The number of fused-ring (bicyclic) bond motifs is 3. The van der Waals surface area contributed by atoms with E-state index in [9.17, 15) is 14.4 Å². The molecule has 1 aliphatic carbocycles. The number of nitrogens with two attached hydrogens (primary N) is 2. The summed E-state index contributed by atoms with van der Waals surface area (Å²) in [5.74, 6) is -0.789. The van der Waals surface area contributed by atoms with Gasteiger partial charge in [-0.25, -0.2) is 0 Å². The van der Waals surface area contributed by atoms with Gasteiger partial charge >= 0.3 is 5.97 Å². The molecule has 7 nitrogen and oxygen atoms in total. The maximum atomic E-state index is 12.7. The lowest BCUT2D eigenvalue weighted by atomic mass is 9.95. The molecule has 1 heterocycles. The summed E-state index contributed by atoms with van der Waals surface area (Å²) in [6.07, 6.45) is 2.35. The van der Waals surface area contributed by atoms with Crippen molar-refractivity contribution in [3.63, 3.8) is 0 Å². The number of ketones is 2. The van der Waals surface area contributed by atoms with E-state index in [4.69, 9.17) is 16.2 Å². The van der Waals surface area contributed by atoms with Crippen molar-refractivity contribution in [3.8, 4) is 16.8 Å². The molecule has 4 aromatic rings. The van der Waals surface area contributed by atoms with E-state index in [0.29, 0.717) is 17.5 Å². The minimum absolute atomic E-state index is 0.00325. The summed E-state index contributed by atoms with van der Waals surface area (Å²) in [5.41, 5.74) is 17.4. The largest absolute Gasteiger partial charge is 0.468 e. The van der Waals surface area contributed by atoms with E-state index in [1.165, 1.54) is 7.11 Å². The van der Waals surface area contributed by atoms with Crippen molar-refractivity contribution in [3.05, 3.63) is 89.6 Å². The van der Waals surface area contributed by atoms with E-state index in [1.54, 1.807) is 12.1 Å². The van der Waals surface area contributed by atoms with Crippen LogP contribution in [0, 0.1) is 0 Å². The van der Waals surface area contributed by atoms with Crippen LogP contribution in [-0.2, 0) is 16.0 Å². The Kier molecular flexibility index (Phi) is 5.80. The molecule has 2 bridgehead atoms. The highest BCUT2D eigenvalue weighted by atomic mass is 16.5. The molecule has 0 spiro atoms. The zero-order valence-electron chi connectivity index (χ0n) is 19.2. The predicted octanol–water partition coefficient (Wildman–Crippen LogP) is 3.44. The molecule has 0 saturated heterocycles. The second-order valence-corrected chi connectivity index (χ2v) is 8.78. The van der Waals surface area contributed by atoms with Gasteiger partial charge in [0.2, 0.25) is 0 Å². The van der Waals surface area contributed by atoms with Crippen LogP contribution in [0.4, 0.5) is 0 Å². The molecule has 0 saturated carbocycles. The average Bonchev–Trinajstić information content (AvgIpc) is 3.22. The van der Waals surface area contributed by atoms with Crippen molar-refractivity contribution in [2.75, 3.05) is 7.11 Å². The molecule has 3 aromatic carbocycles. The molecule has 0 amide bonds. The summed E-state index contributed by atoms with van der Waals surface area (Å²) >= 11 is 0. The van der Waals surface area contributed by atoms with Gasteiger partial charge in [0.15, 0.2) is 11.6 Å². The molecular formula is C28H25N3O4. The van der Waals surface area contributed by atoms with Gasteiger partial charge in [-0.15, -0.1) is 0 Å². The number of aromatic nitrogens is 1. The molecule has 0 radical (unpaired) electrons. The molecule has 7 heteroatoms. The highest BCUT2D eigenvalue weighted by molar-refractivity contribution is 6.12. The van der Waals surface area contributed by atoms with Gasteiger partial charge in [-0.1, -0.05) is 42.5 Å². The van der Waals surface area contributed by atoms with Crippen molar-refractivity contribution in [1.29, 1.82) is 0 Å². The monoisotopic (exact) mass is 467 g/mol. The Hall–Kier alpha value is -4.07. The van der Waals surface area contributed by atoms with Crippen molar-refractivity contribution in [1.82, 2.24) is 4.57 Å². The van der Waals surface area contributed by atoms with Crippen molar-refractivity contribution in [2.24, 2.45) is 11.5 Å². The van der Waals surface area contributed by atoms with E-state index >= 15 is 0 Å². The molecule has 2 unspecified atom stereocenters. The van der Waals surface area contributed by atoms with E-state index in [-0.39, 0.29) is 18.0 Å². The number of ether oxygens (including phenoxy) is 1. The Morgan fingerprint density at radius 2 is 1.74 bits per heavy atom. The van der Waals surface area contributed by atoms with Crippen LogP contribution in [0.15, 0.2) is 72.9 Å². The fourth-order valence-corrected chi connectivity index (χ4v) is 4.70. The Labute approximate surface area is 202 Å². The predicted molar refractivity (Wildman–Crippen MR) is 134 cm³/mol. The number of methoxy groups -OCH3 is 1. The van der Waals surface area contributed by atoms with Gasteiger partial charge in [0, 0.05) is 41.2 Å². The fourth-order valence-electron chi connectivity index (χ4n) is 4.70. The number of esters is 1. The average molecular weight is 468 g/mol. The van der Waals surface area contributed by atoms with Gasteiger partial charge in [0.1, 0.15) is 6.04 Å². The van der Waals surface area contributed by atoms with E-state index in [1.807, 2.05) is 60.8 Å². The lowest BCUT2D eigenvalue weighted by Crippen LogP contribution is -2.33. The summed E-state index contributed by atoms with van der Waals surface area (Å²) in [6, 6.07) is 19.4. The number of rotatable bonds is 5. The normalized spacial score (nSPS) is 16.3. The molecule has 1 aromatic heterocycles. The van der Waals surface area contributed by atoms with Crippen LogP contribution in [0.3, 0.4) is 0 Å². The maximum Gasteiger partial charge on any atom is 0.322 e. The molecule has 0 aliphatic heterocycles. The lowest BCUT2D eigenvalue weighted by Gasteiger charge is -2.10. The Balaban J connectivity index is 1.51. The minimum Gasteiger partial charge on any atom is -0.468 e. The van der Waals surface area contributed by atoms with Gasteiger partial charge in [-0.05, 0) is 41.0 Å². The van der Waals surface area contributed by atoms with Gasteiger partial charge in [-0.3, -0.25) is 14.4 Å². The highest BCUT2D eigenvalue weighted by Crippen LogP contribution is 2.31. The molecule has 5 rings (SSSR count). The Morgan fingerprint density at radius 3 is 2.49 bits per heavy atom. The van der Waals surface area contributed by atoms with Gasteiger partial charge in [-0.2, -0.15) is 0 Å². The summed E-state index contributed by atoms with van der Waals surface area (Å²) in [4.78, 5) is 36.9. The highest BCUT2D eigenvalue weighted by Gasteiger charge is 2.27. The number of hydrogen-bond donors (Lipinski definition) is 2. The number of hydrogen-bond acceptors (Lipinski definition) is 6. The van der Waals surface area contributed by atoms with E-state index in [2.05, 4.69) is 4.57 Å².